The van der Waals surface area contributed by atoms with Crippen LogP contribution in [0, 0.1) is 0 Å². The molecule has 6 aromatic carbocycles. The van der Waals surface area contributed by atoms with Crippen molar-refractivity contribution in [3.63, 3.8) is 0 Å². The number of rotatable bonds is 12. The Hall–Kier alpha value is -4.76. The Kier molecular flexibility index (Phi) is 8.89. The summed E-state index contributed by atoms with van der Waals surface area (Å²) < 4.78 is 14.1. The van der Waals surface area contributed by atoms with Gasteiger partial charge in [-0.15, -0.1) is 0 Å². The van der Waals surface area contributed by atoms with Crippen molar-refractivity contribution in [3.8, 4) is 0 Å². The van der Waals surface area contributed by atoms with Gasteiger partial charge in [-0.1, -0.05) is 182 Å². The van der Waals surface area contributed by atoms with Crippen LogP contribution in [0.3, 0.4) is 0 Å². The minimum Gasteiger partial charge on any atom is -0.361 e. The summed E-state index contributed by atoms with van der Waals surface area (Å²) in [6.45, 7) is 1.01. The van der Waals surface area contributed by atoms with Crippen molar-refractivity contribution in [1.82, 2.24) is 0 Å². The summed E-state index contributed by atoms with van der Waals surface area (Å²) >= 11 is 0. The highest BCUT2D eigenvalue weighted by atomic mass is 16.5. The molecule has 2 heteroatoms. The Morgan fingerprint density at radius 2 is 0.465 bits per heavy atom. The van der Waals surface area contributed by atoms with Gasteiger partial charge in [0, 0.05) is 0 Å². The first kappa shape index (κ1) is 28.4. The number of hydrogen-bond acceptors (Lipinski definition) is 2. The molecule has 0 spiro atoms. The van der Waals surface area contributed by atoms with Gasteiger partial charge in [-0.05, 0) is 39.8 Å². The van der Waals surface area contributed by atoms with Crippen molar-refractivity contribution >= 4 is 0 Å². The fourth-order valence-electron chi connectivity index (χ4n) is 6.05. The molecule has 0 aliphatic carbocycles. The second kappa shape index (κ2) is 13.5. The van der Waals surface area contributed by atoms with Gasteiger partial charge in [0.25, 0.3) is 0 Å². The number of hydrogen-bond donors (Lipinski definition) is 0. The third-order valence-electron chi connectivity index (χ3n) is 8.01. The molecule has 0 bridgehead atoms. The van der Waals surface area contributed by atoms with Gasteiger partial charge in [0.15, 0.2) is 0 Å². The van der Waals surface area contributed by atoms with Crippen LogP contribution in [0.1, 0.15) is 39.8 Å². The number of benzene rings is 6. The van der Waals surface area contributed by atoms with Gasteiger partial charge in [0.05, 0.1) is 13.2 Å². The fraction of sp³-hybridized carbons (Fsp3) is 0.122. The largest absolute Gasteiger partial charge is 0.361 e. The monoisotopic (exact) mass is 560 g/mol. The Balaban J connectivity index is 1.33. The Morgan fingerprint density at radius 1 is 0.279 bits per heavy atom. The van der Waals surface area contributed by atoms with Crippen LogP contribution in [-0.2, 0) is 20.7 Å². The second-order valence-electron chi connectivity index (χ2n) is 10.6. The summed E-state index contributed by atoms with van der Waals surface area (Å²) in [5, 5.41) is 0. The summed E-state index contributed by atoms with van der Waals surface area (Å²) in [6, 6.07) is 63.1. The average Bonchev–Trinajstić information content (AvgIpc) is 3.11. The van der Waals surface area contributed by atoms with Crippen molar-refractivity contribution in [3.05, 3.63) is 215 Å². The van der Waals surface area contributed by atoms with Gasteiger partial charge in [0.2, 0.25) is 0 Å². The first-order valence-corrected chi connectivity index (χ1v) is 14.9. The summed E-state index contributed by atoms with van der Waals surface area (Å²) in [5.41, 5.74) is 5.08. The Bertz CT molecular complexity index is 1330. The summed E-state index contributed by atoms with van der Waals surface area (Å²) in [4.78, 5) is 0. The zero-order valence-corrected chi connectivity index (χ0v) is 24.3. The van der Waals surface area contributed by atoms with Gasteiger partial charge in [-0.2, -0.15) is 0 Å². The molecule has 0 heterocycles. The van der Waals surface area contributed by atoms with E-state index in [1.807, 2.05) is 0 Å². The minimum absolute atomic E-state index is 0.507. The average molecular weight is 561 g/mol. The molecule has 0 aliphatic heterocycles. The maximum atomic E-state index is 7.04. The van der Waals surface area contributed by atoms with Crippen LogP contribution in [0.25, 0.3) is 0 Å². The molecule has 43 heavy (non-hydrogen) atoms. The van der Waals surface area contributed by atoms with Crippen LogP contribution in [0.4, 0.5) is 0 Å². The highest BCUT2D eigenvalue weighted by molar-refractivity contribution is 5.48. The molecule has 0 saturated carbocycles. The van der Waals surface area contributed by atoms with Crippen LogP contribution in [-0.4, -0.2) is 13.2 Å². The van der Waals surface area contributed by atoms with E-state index in [4.69, 9.17) is 9.47 Å². The van der Waals surface area contributed by atoms with Crippen LogP contribution in [0.5, 0.6) is 0 Å². The molecular weight excluding hydrogens is 524 g/mol. The van der Waals surface area contributed by atoms with Gasteiger partial charge in [-0.25, -0.2) is 0 Å². The smallest absolute Gasteiger partial charge is 0.143 e. The van der Waals surface area contributed by atoms with E-state index in [-0.39, 0.29) is 0 Å². The lowest BCUT2D eigenvalue weighted by atomic mass is 9.80. The predicted octanol–water partition coefficient (Wildman–Crippen LogP) is 9.39. The van der Waals surface area contributed by atoms with E-state index in [0.29, 0.717) is 19.6 Å². The van der Waals surface area contributed by atoms with Crippen molar-refractivity contribution in [2.75, 3.05) is 13.2 Å². The molecule has 6 aromatic rings. The first-order chi connectivity index (χ1) is 21.3. The standard InChI is InChI=1S/C41H36O2/c1-7-20-34(21-8-1)40(35-22-9-2-10-23-35,36-24-11-3-12-25-36)42-32-19-33-43-41(37-26-13-4-14-27-37,38-28-15-5-16-29-38)39-30-17-6-18-31-39/h1-18,20-31H,19,32-33H2. The molecule has 0 amide bonds. The molecule has 2 nitrogen and oxygen atoms in total. The van der Waals surface area contributed by atoms with Crippen LogP contribution in [0.2, 0.25) is 0 Å². The Morgan fingerprint density at radius 3 is 0.651 bits per heavy atom. The molecule has 212 valence electrons. The lowest BCUT2D eigenvalue weighted by Crippen LogP contribution is -2.35. The van der Waals surface area contributed by atoms with Crippen molar-refractivity contribution < 1.29 is 9.47 Å². The molecule has 0 atom stereocenters. The van der Waals surface area contributed by atoms with Crippen molar-refractivity contribution in [1.29, 1.82) is 0 Å². The van der Waals surface area contributed by atoms with E-state index in [2.05, 4.69) is 182 Å². The zero-order chi connectivity index (χ0) is 29.2. The third kappa shape index (κ3) is 5.81. The lowest BCUT2D eigenvalue weighted by Gasteiger charge is -2.37. The van der Waals surface area contributed by atoms with Crippen LogP contribution in [0.15, 0.2) is 182 Å². The van der Waals surface area contributed by atoms with E-state index < -0.39 is 11.2 Å². The van der Waals surface area contributed by atoms with Crippen LogP contribution >= 0.6 is 0 Å². The van der Waals surface area contributed by atoms with Crippen molar-refractivity contribution in [2.45, 2.75) is 17.6 Å². The fourth-order valence-corrected chi connectivity index (χ4v) is 6.05. The molecule has 0 saturated heterocycles. The molecule has 6 rings (SSSR count). The predicted molar refractivity (Wildman–Crippen MR) is 175 cm³/mol. The first-order valence-electron chi connectivity index (χ1n) is 14.9. The highest BCUT2D eigenvalue weighted by Crippen LogP contribution is 2.42. The summed E-state index contributed by atoms with van der Waals surface area (Å²) in [5.74, 6) is 0. The van der Waals surface area contributed by atoms with Gasteiger partial charge >= 0.3 is 0 Å². The molecule has 0 aliphatic rings. The molecular formula is C41H36O2. The quantitative estimate of drug-likeness (QED) is 0.110. The van der Waals surface area contributed by atoms with Gasteiger partial charge in [-0.3, -0.25) is 0 Å². The van der Waals surface area contributed by atoms with E-state index >= 15 is 0 Å². The molecule has 0 radical (unpaired) electrons. The topological polar surface area (TPSA) is 18.5 Å². The molecule has 0 fully saturated rings. The van der Waals surface area contributed by atoms with Gasteiger partial charge < -0.3 is 9.47 Å². The zero-order valence-electron chi connectivity index (χ0n) is 24.3. The SMILES string of the molecule is c1ccc(C(OCCCOC(c2ccccc2)(c2ccccc2)c2ccccc2)(c2ccccc2)c2ccccc2)cc1. The minimum atomic E-state index is -0.751. The number of ether oxygens (including phenoxy) is 2. The van der Waals surface area contributed by atoms with Crippen LogP contribution < -0.4 is 0 Å². The third-order valence-corrected chi connectivity index (χ3v) is 8.01. The molecule has 0 unspecified atom stereocenters. The Labute approximate surface area is 255 Å². The van der Waals surface area contributed by atoms with E-state index in [0.717, 1.165) is 33.4 Å². The lowest BCUT2D eigenvalue weighted by molar-refractivity contribution is -0.0263. The maximum absolute atomic E-state index is 7.04. The maximum Gasteiger partial charge on any atom is 0.143 e. The highest BCUT2D eigenvalue weighted by Gasteiger charge is 2.39. The van der Waals surface area contributed by atoms with E-state index in [1.54, 1.807) is 0 Å². The summed E-state index contributed by atoms with van der Waals surface area (Å²) in [6.07, 6.45) is 0.711. The van der Waals surface area contributed by atoms with Gasteiger partial charge in [0.1, 0.15) is 11.2 Å². The summed E-state index contributed by atoms with van der Waals surface area (Å²) in [7, 11) is 0. The normalized spacial score (nSPS) is 11.7. The molecule has 0 N–H and O–H groups in total. The second-order valence-corrected chi connectivity index (χ2v) is 10.6. The van der Waals surface area contributed by atoms with E-state index in [9.17, 15) is 0 Å². The van der Waals surface area contributed by atoms with E-state index in [1.165, 1.54) is 0 Å². The van der Waals surface area contributed by atoms with Crippen molar-refractivity contribution in [2.24, 2.45) is 0 Å². The molecule has 0 aromatic heterocycles.